The predicted molar refractivity (Wildman–Crippen MR) is 82.1 cm³/mol. The standard InChI is InChI=1S/C17H27NO4/c1-11(19)15(20)18-10-13-8-6-5-7-12(13)9-14(18)16(21)22-17(2,3)4/h12-14H,5-10H2,1-4H3. The summed E-state index contributed by atoms with van der Waals surface area (Å²) < 4.78 is 5.47. The maximum atomic E-state index is 12.5. The SMILES string of the molecule is CC(=O)C(=O)N1CC2CCCCC2CC1C(=O)OC(C)(C)C. The average Bonchev–Trinajstić information content (AvgIpc) is 2.43. The summed E-state index contributed by atoms with van der Waals surface area (Å²) in [6.07, 6.45) is 5.15. The first kappa shape index (κ1) is 17.0. The van der Waals surface area contributed by atoms with Gasteiger partial charge in [-0.05, 0) is 45.4 Å². The van der Waals surface area contributed by atoms with Crippen molar-refractivity contribution in [2.45, 2.75) is 71.4 Å². The van der Waals surface area contributed by atoms with Gasteiger partial charge in [-0.2, -0.15) is 0 Å². The maximum absolute atomic E-state index is 12.5. The van der Waals surface area contributed by atoms with Crippen LogP contribution in [0.25, 0.3) is 0 Å². The summed E-state index contributed by atoms with van der Waals surface area (Å²) >= 11 is 0. The van der Waals surface area contributed by atoms with Gasteiger partial charge in [0.2, 0.25) is 5.78 Å². The van der Waals surface area contributed by atoms with Crippen molar-refractivity contribution in [3.63, 3.8) is 0 Å². The fourth-order valence-corrected chi connectivity index (χ4v) is 3.65. The zero-order valence-electron chi connectivity index (χ0n) is 14.1. The highest BCUT2D eigenvalue weighted by Gasteiger charge is 2.44. The predicted octanol–water partition coefficient (Wildman–Crippen LogP) is 2.32. The largest absolute Gasteiger partial charge is 0.458 e. The Hall–Kier alpha value is -1.39. The van der Waals surface area contributed by atoms with Crippen molar-refractivity contribution in [1.29, 1.82) is 0 Å². The molecule has 1 aliphatic carbocycles. The zero-order chi connectivity index (χ0) is 16.5. The van der Waals surface area contributed by atoms with E-state index < -0.39 is 23.3 Å². The number of carbonyl (C=O) groups excluding carboxylic acids is 3. The van der Waals surface area contributed by atoms with Crippen LogP contribution in [0.4, 0.5) is 0 Å². The lowest BCUT2D eigenvalue weighted by molar-refractivity contribution is -0.170. The fourth-order valence-electron chi connectivity index (χ4n) is 3.65. The minimum Gasteiger partial charge on any atom is -0.458 e. The molecule has 0 N–H and O–H groups in total. The first-order chi connectivity index (χ1) is 10.2. The molecule has 0 aromatic heterocycles. The van der Waals surface area contributed by atoms with Gasteiger partial charge in [-0.1, -0.05) is 19.3 Å². The summed E-state index contributed by atoms with van der Waals surface area (Å²) in [6, 6.07) is -0.616. The lowest BCUT2D eigenvalue weighted by Crippen LogP contribution is -2.56. The number of ether oxygens (including phenoxy) is 1. The van der Waals surface area contributed by atoms with Crippen molar-refractivity contribution in [3.05, 3.63) is 0 Å². The molecule has 2 rings (SSSR count). The van der Waals surface area contributed by atoms with Crippen LogP contribution >= 0.6 is 0 Å². The Bertz CT molecular complexity index is 466. The molecule has 22 heavy (non-hydrogen) atoms. The highest BCUT2D eigenvalue weighted by Crippen LogP contribution is 2.39. The number of amides is 1. The Morgan fingerprint density at radius 1 is 1.05 bits per heavy atom. The zero-order valence-corrected chi connectivity index (χ0v) is 14.1. The second kappa shape index (κ2) is 6.39. The number of likely N-dealkylation sites (tertiary alicyclic amines) is 1. The minimum absolute atomic E-state index is 0.383. The third kappa shape index (κ3) is 3.87. The highest BCUT2D eigenvalue weighted by atomic mass is 16.6. The number of hydrogen-bond acceptors (Lipinski definition) is 4. The van der Waals surface area contributed by atoms with Gasteiger partial charge in [0.25, 0.3) is 5.91 Å². The Morgan fingerprint density at radius 3 is 2.18 bits per heavy atom. The van der Waals surface area contributed by atoms with E-state index in [1.165, 1.54) is 24.7 Å². The molecule has 0 bridgehead atoms. The van der Waals surface area contributed by atoms with E-state index in [2.05, 4.69) is 0 Å². The second-order valence-electron chi connectivity index (χ2n) is 7.60. The molecule has 3 unspecified atom stereocenters. The average molecular weight is 309 g/mol. The van der Waals surface area contributed by atoms with Crippen molar-refractivity contribution in [2.75, 3.05) is 6.54 Å². The fraction of sp³-hybridized carbons (Fsp3) is 0.824. The number of ketones is 1. The van der Waals surface area contributed by atoms with Gasteiger partial charge in [0.15, 0.2) is 0 Å². The van der Waals surface area contributed by atoms with Crippen molar-refractivity contribution in [2.24, 2.45) is 11.8 Å². The Balaban J connectivity index is 2.19. The molecule has 1 amide bonds. The van der Waals surface area contributed by atoms with Gasteiger partial charge < -0.3 is 9.64 Å². The van der Waals surface area contributed by atoms with Gasteiger partial charge >= 0.3 is 5.97 Å². The van der Waals surface area contributed by atoms with Gasteiger partial charge in [0, 0.05) is 13.5 Å². The van der Waals surface area contributed by atoms with Crippen molar-refractivity contribution in [1.82, 2.24) is 4.90 Å². The smallest absolute Gasteiger partial charge is 0.329 e. The van der Waals surface area contributed by atoms with Crippen LogP contribution in [-0.4, -0.2) is 40.7 Å². The molecule has 0 spiro atoms. The number of rotatable bonds is 2. The molecule has 0 radical (unpaired) electrons. The Labute approximate surface area is 132 Å². The molecule has 0 aromatic rings. The molecule has 1 aliphatic heterocycles. The number of esters is 1. The third-order valence-corrected chi connectivity index (χ3v) is 4.64. The molecule has 5 nitrogen and oxygen atoms in total. The van der Waals surface area contributed by atoms with E-state index in [9.17, 15) is 14.4 Å². The lowest BCUT2D eigenvalue weighted by atomic mass is 9.73. The van der Waals surface area contributed by atoms with Gasteiger partial charge in [-0.25, -0.2) is 4.79 Å². The first-order valence-electron chi connectivity index (χ1n) is 8.23. The van der Waals surface area contributed by atoms with Gasteiger partial charge in [0.05, 0.1) is 0 Å². The summed E-state index contributed by atoms with van der Waals surface area (Å²) in [5.74, 6) is -0.577. The number of nitrogens with zero attached hydrogens (tertiary/aromatic N) is 1. The summed E-state index contributed by atoms with van der Waals surface area (Å²) in [7, 11) is 0. The monoisotopic (exact) mass is 309 g/mol. The molecule has 5 heteroatoms. The van der Waals surface area contributed by atoms with Crippen LogP contribution in [0, 0.1) is 11.8 Å². The van der Waals surface area contributed by atoms with Crippen LogP contribution in [0.3, 0.4) is 0 Å². The Morgan fingerprint density at radius 2 is 1.64 bits per heavy atom. The lowest BCUT2D eigenvalue weighted by Gasteiger charge is -2.45. The topological polar surface area (TPSA) is 63.7 Å². The van der Waals surface area contributed by atoms with Crippen LogP contribution < -0.4 is 0 Å². The number of Topliss-reactive ketones (excluding diaryl/α,β-unsaturated/α-hetero) is 1. The molecule has 1 heterocycles. The van der Waals surface area contributed by atoms with Gasteiger partial charge in [0.1, 0.15) is 11.6 Å². The van der Waals surface area contributed by atoms with Crippen LogP contribution in [0.15, 0.2) is 0 Å². The molecule has 2 aliphatic rings. The van der Waals surface area contributed by atoms with Crippen molar-refractivity contribution in [3.8, 4) is 0 Å². The molecule has 1 saturated carbocycles. The van der Waals surface area contributed by atoms with Crippen LogP contribution in [-0.2, 0) is 19.1 Å². The van der Waals surface area contributed by atoms with Crippen LogP contribution in [0.5, 0.6) is 0 Å². The number of hydrogen-bond donors (Lipinski definition) is 0. The minimum atomic E-state index is -0.616. The van der Waals surface area contributed by atoms with E-state index >= 15 is 0 Å². The quantitative estimate of drug-likeness (QED) is 0.580. The van der Waals surface area contributed by atoms with Crippen LogP contribution in [0.1, 0.15) is 59.8 Å². The Kier molecular flexibility index (Phi) is 4.93. The molecule has 3 atom stereocenters. The number of carbonyl (C=O) groups is 3. The van der Waals surface area contributed by atoms with E-state index in [4.69, 9.17) is 4.74 Å². The van der Waals surface area contributed by atoms with E-state index in [-0.39, 0.29) is 5.97 Å². The number of fused-ring (bicyclic) bond motifs is 1. The first-order valence-corrected chi connectivity index (χ1v) is 8.23. The summed E-state index contributed by atoms with van der Waals surface area (Å²) in [4.78, 5) is 37.7. The van der Waals surface area contributed by atoms with Crippen molar-refractivity contribution < 1.29 is 19.1 Å². The second-order valence-corrected chi connectivity index (χ2v) is 7.60. The molecular weight excluding hydrogens is 282 g/mol. The normalized spacial score (nSPS) is 28.7. The summed E-state index contributed by atoms with van der Waals surface area (Å²) in [6.45, 7) is 7.21. The summed E-state index contributed by atoms with van der Waals surface area (Å²) in [5.41, 5.74) is -0.592. The highest BCUT2D eigenvalue weighted by molar-refractivity contribution is 6.35. The molecule has 2 fully saturated rings. The van der Waals surface area contributed by atoms with Gasteiger partial charge in [-0.15, -0.1) is 0 Å². The van der Waals surface area contributed by atoms with E-state index in [0.717, 1.165) is 12.8 Å². The molecule has 1 saturated heterocycles. The number of piperidine rings is 1. The van der Waals surface area contributed by atoms with Crippen LogP contribution in [0.2, 0.25) is 0 Å². The molecular formula is C17H27NO4. The summed E-state index contributed by atoms with van der Waals surface area (Å²) in [5, 5.41) is 0. The molecule has 0 aromatic carbocycles. The van der Waals surface area contributed by atoms with E-state index in [1.807, 2.05) is 20.8 Å². The third-order valence-electron chi connectivity index (χ3n) is 4.64. The van der Waals surface area contributed by atoms with Crippen molar-refractivity contribution >= 4 is 17.7 Å². The van der Waals surface area contributed by atoms with Gasteiger partial charge in [-0.3, -0.25) is 9.59 Å². The molecule has 124 valence electrons. The maximum Gasteiger partial charge on any atom is 0.329 e. The van der Waals surface area contributed by atoms with E-state index in [1.54, 1.807) is 0 Å². The van der Waals surface area contributed by atoms with E-state index in [0.29, 0.717) is 24.8 Å².